The molecule has 0 aliphatic carbocycles. The highest BCUT2D eigenvalue weighted by Crippen LogP contribution is 1.81. The average molecular weight is 118 g/mol. The van der Waals surface area contributed by atoms with Gasteiger partial charge in [-0.15, -0.1) is 0 Å². The van der Waals surface area contributed by atoms with Crippen molar-refractivity contribution in [1.82, 2.24) is 0 Å². The summed E-state index contributed by atoms with van der Waals surface area (Å²) in [5.41, 5.74) is 10.5. The molecule has 3 nitrogen and oxygen atoms in total. The Morgan fingerprint density at radius 3 is 2.62 bits per heavy atom. The maximum atomic E-state index is 5.31. The van der Waals surface area contributed by atoms with Crippen molar-refractivity contribution in [2.45, 2.75) is 19.6 Å². The molecule has 0 aliphatic heterocycles. The summed E-state index contributed by atoms with van der Waals surface area (Å²) in [6, 6.07) is 0. The highest BCUT2D eigenvalue weighted by molar-refractivity contribution is 4.44. The summed E-state index contributed by atoms with van der Waals surface area (Å²) < 4.78 is 4.99. The normalized spacial score (nSPS) is 13.9. The first-order valence-electron chi connectivity index (χ1n) is 2.88. The molecule has 50 valence electrons. The van der Waals surface area contributed by atoms with E-state index < -0.39 is 0 Å². The molecule has 8 heavy (non-hydrogen) atoms. The molecule has 0 aromatic rings. The number of hydrogen-bond acceptors (Lipinski definition) is 3. The van der Waals surface area contributed by atoms with E-state index in [2.05, 4.69) is 0 Å². The Kier molecular flexibility index (Phi) is 4.95. The molecule has 0 aromatic carbocycles. The molecule has 0 aromatic heterocycles. The van der Waals surface area contributed by atoms with Crippen LogP contribution in [-0.4, -0.2) is 19.4 Å². The minimum absolute atomic E-state index is 0.269. The van der Waals surface area contributed by atoms with E-state index in [-0.39, 0.29) is 6.23 Å². The number of ether oxygens (including phenoxy) is 1. The van der Waals surface area contributed by atoms with Crippen molar-refractivity contribution in [1.29, 1.82) is 0 Å². The van der Waals surface area contributed by atoms with E-state index in [9.17, 15) is 0 Å². The molecule has 0 aliphatic rings. The lowest BCUT2D eigenvalue weighted by molar-refractivity contribution is 0.0642. The standard InChI is InChI=1S/C5H14N2O/c1-2-3-8-5(7)4-6/h5H,2-4,6-7H2,1H3. The summed E-state index contributed by atoms with van der Waals surface area (Å²) in [4.78, 5) is 0. The Bertz CT molecular complexity index is 49.7. The van der Waals surface area contributed by atoms with Gasteiger partial charge in [-0.1, -0.05) is 6.92 Å². The van der Waals surface area contributed by atoms with Gasteiger partial charge in [0.05, 0.1) is 0 Å². The van der Waals surface area contributed by atoms with Gasteiger partial charge in [0, 0.05) is 13.2 Å². The minimum Gasteiger partial charge on any atom is -0.362 e. The molecule has 0 amide bonds. The van der Waals surface area contributed by atoms with Crippen LogP contribution in [0.4, 0.5) is 0 Å². The maximum Gasteiger partial charge on any atom is 0.118 e. The zero-order valence-corrected chi connectivity index (χ0v) is 5.26. The van der Waals surface area contributed by atoms with Crippen molar-refractivity contribution in [2.75, 3.05) is 13.2 Å². The Morgan fingerprint density at radius 1 is 1.62 bits per heavy atom. The fourth-order valence-electron chi connectivity index (χ4n) is 0.337. The lowest BCUT2D eigenvalue weighted by Crippen LogP contribution is -2.32. The second-order valence-electron chi connectivity index (χ2n) is 1.64. The van der Waals surface area contributed by atoms with E-state index in [1.165, 1.54) is 0 Å². The van der Waals surface area contributed by atoms with Gasteiger partial charge in [0.1, 0.15) is 6.23 Å². The lowest BCUT2D eigenvalue weighted by atomic mass is 10.5. The minimum atomic E-state index is -0.269. The molecular formula is C5H14N2O. The van der Waals surface area contributed by atoms with Crippen LogP contribution in [0, 0.1) is 0 Å². The summed E-state index contributed by atoms with van der Waals surface area (Å²) in [6.07, 6.45) is 0.725. The van der Waals surface area contributed by atoms with Crippen LogP contribution in [0.25, 0.3) is 0 Å². The molecule has 1 unspecified atom stereocenters. The highest BCUT2D eigenvalue weighted by atomic mass is 16.5. The molecule has 0 heterocycles. The lowest BCUT2D eigenvalue weighted by Gasteiger charge is -2.07. The van der Waals surface area contributed by atoms with Gasteiger partial charge in [-0.3, -0.25) is 0 Å². The number of hydrogen-bond donors (Lipinski definition) is 2. The third kappa shape index (κ3) is 4.05. The second-order valence-corrected chi connectivity index (χ2v) is 1.64. The Hall–Kier alpha value is -0.120. The fraction of sp³-hybridized carbons (Fsp3) is 1.00. The van der Waals surface area contributed by atoms with Gasteiger partial charge in [-0.25, -0.2) is 0 Å². The molecule has 0 radical (unpaired) electrons. The maximum absolute atomic E-state index is 5.31. The van der Waals surface area contributed by atoms with Crippen LogP contribution in [0.2, 0.25) is 0 Å². The third-order valence-corrected chi connectivity index (χ3v) is 0.768. The van der Waals surface area contributed by atoms with Gasteiger partial charge in [0.15, 0.2) is 0 Å². The van der Waals surface area contributed by atoms with Gasteiger partial charge >= 0.3 is 0 Å². The molecule has 0 bridgehead atoms. The van der Waals surface area contributed by atoms with Crippen LogP contribution in [-0.2, 0) is 4.74 Å². The summed E-state index contributed by atoms with van der Waals surface area (Å²) in [5, 5.41) is 0. The monoisotopic (exact) mass is 118 g/mol. The van der Waals surface area contributed by atoms with E-state index >= 15 is 0 Å². The molecule has 0 fully saturated rings. The van der Waals surface area contributed by atoms with Crippen LogP contribution >= 0.6 is 0 Å². The molecular weight excluding hydrogens is 104 g/mol. The van der Waals surface area contributed by atoms with Crippen LogP contribution in [0.3, 0.4) is 0 Å². The quantitative estimate of drug-likeness (QED) is 0.496. The molecule has 0 saturated carbocycles. The van der Waals surface area contributed by atoms with Crippen LogP contribution in [0.1, 0.15) is 13.3 Å². The molecule has 1 atom stereocenters. The van der Waals surface area contributed by atoms with Gasteiger partial charge in [0.2, 0.25) is 0 Å². The van der Waals surface area contributed by atoms with E-state index in [1.54, 1.807) is 0 Å². The van der Waals surface area contributed by atoms with Gasteiger partial charge < -0.3 is 16.2 Å². The van der Waals surface area contributed by atoms with Crippen molar-refractivity contribution in [3.63, 3.8) is 0 Å². The number of nitrogens with two attached hydrogens (primary N) is 2. The highest BCUT2D eigenvalue weighted by Gasteiger charge is 1.94. The Morgan fingerprint density at radius 2 is 2.25 bits per heavy atom. The Balaban J connectivity index is 2.86. The summed E-state index contributed by atoms with van der Waals surface area (Å²) >= 11 is 0. The molecule has 0 saturated heterocycles. The van der Waals surface area contributed by atoms with Crippen LogP contribution in [0.5, 0.6) is 0 Å². The smallest absolute Gasteiger partial charge is 0.118 e. The summed E-state index contributed by atoms with van der Waals surface area (Å²) in [5.74, 6) is 0. The van der Waals surface area contributed by atoms with Crippen molar-refractivity contribution < 1.29 is 4.74 Å². The largest absolute Gasteiger partial charge is 0.362 e. The van der Waals surface area contributed by atoms with Gasteiger partial charge in [-0.05, 0) is 6.42 Å². The van der Waals surface area contributed by atoms with Crippen molar-refractivity contribution in [2.24, 2.45) is 11.5 Å². The van der Waals surface area contributed by atoms with E-state index in [1.807, 2.05) is 6.92 Å². The van der Waals surface area contributed by atoms with Crippen molar-refractivity contribution in [3.8, 4) is 0 Å². The molecule has 0 rings (SSSR count). The fourth-order valence-corrected chi connectivity index (χ4v) is 0.337. The predicted molar refractivity (Wildman–Crippen MR) is 33.3 cm³/mol. The average Bonchev–Trinajstić information content (AvgIpc) is 1.83. The third-order valence-electron chi connectivity index (χ3n) is 0.768. The van der Waals surface area contributed by atoms with E-state index in [0.717, 1.165) is 6.42 Å². The van der Waals surface area contributed by atoms with Crippen molar-refractivity contribution in [3.05, 3.63) is 0 Å². The number of rotatable bonds is 4. The van der Waals surface area contributed by atoms with E-state index in [0.29, 0.717) is 13.2 Å². The first-order valence-corrected chi connectivity index (χ1v) is 2.88. The summed E-state index contributed by atoms with van der Waals surface area (Å²) in [7, 11) is 0. The Labute approximate surface area is 50.0 Å². The van der Waals surface area contributed by atoms with Crippen LogP contribution in [0.15, 0.2) is 0 Å². The molecule has 0 spiro atoms. The first kappa shape index (κ1) is 7.88. The molecule has 4 N–H and O–H groups in total. The van der Waals surface area contributed by atoms with Gasteiger partial charge in [0.25, 0.3) is 0 Å². The zero-order valence-electron chi connectivity index (χ0n) is 5.26. The predicted octanol–water partition coefficient (Wildman–Crippen LogP) is -0.343. The topological polar surface area (TPSA) is 61.3 Å². The first-order chi connectivity index (χ1) is 3.81. The molecule has 3 heteroatoms. The van der Waals surface area contributed by atoms with Crippen LogP contribution < -0.4 is 11.5 Å². The van der Waals surface area contributed by atoms with Gasteiger partial charge in [-0.2, -0.15) is 0 Å². The summed E-state index contributed by atoms with van der Waals surface area (Å²) in [6.45, 7) is 3.14. The second kappa shape index (κ2) is 5.03. The SMILES string of the molecule is CCCOC(N)CN. The van der Waals surface area contributed by atoms with E-state index in [4.69, 9.17) is 16.2 Å². The van der Waals surface area contributed by atoms with Crippen molar-refractivity contribution >= 4 is 0 Å². The zero-order chi connectivity index (χ0) is 6.41.